The molecule has 1 atom stereocenters. The van der Waals surface area contributed by atoms with Crippen LogP contribution in [0.2, 0.25) is 0 Å². The van der Waals surface area contributed by atoms with E-state index in [4.69, 9.17) is 14.3 Å². The van der Waals surface area contributed by atoms with Gasteiger partial charge in [-0.1, -0.05) is 0 Å². The molecule has 1 aromatic rings. The van der Waals surface area contributed by atoms with E-state index in [1.807, 2.05) is 6.07 Å². The lowest BCUT2D eigenvalue weighted by atomic mass is 10.2. The van der Waals surface area contributed by atoms with Crippen LogP contribution in [0.4, 0.5) is 0 Å². The van der Waals surface area contributed by atoms with E-state index in [2.05, 4.69) is 0 Å². The third-order valence-electron chi connectivity index (χ3n) is 2.36. The molecule has 0 radical (unpaired) electrons. The van der Waals surface area contributed by atoms with E-state index in [9.17, 15) is 4.79 Å². The maximum atomic E-state index is 11.7. The molecule has 0 aliphatic carbocycles. The number of furan rings is 1. The van der Waals surface area contributed by atoms with E-state index in [-0.39, 0.29) is 12.5 Å². The van der Waals surface area contributed by atoms with Crippen molar-refractivity contribution in [1.82, 2.24) is 4.90 Å². The van der Waals surface area contributed by atoms with Gasteiger partial charge in [0.2, 0.25) is 0 Å². The second-order valence-corrected chi connectivity index (χ2v) is 3.38. The minimum Gasteiger partial charge on any atom is -0.467 e. The van der Waals surface area contributed by atoms with Crippen molar-refractivity contribution in [2.75, 3.05) is 19.8 Å². The molecule has 1 unspecified atom stereocenters. The maximum Gasteiger partial charge on any atom is 0.254 e. The Bertz CT molecular complexity index is 322. The van der Waals surface area contributed by atoms with Gasteiger partial charge in [0.15, 0.2) is 6.10 Å². The van der Waals surface area contributed by atoms with Crippen molar-refractivity contribution in [2.24, 2.45) is 0 Å². The van der Waals surface area contributed by atoms with Crippen LogP contribution in [-0.2, 0) is 16.1 Å². The number of rotatable bonds is 3. The number of carbonyl (C=O) groups is 1. The SMILES string of the molecule is O=C1C(CO)OCCN1Cc1ccco1. The average molecular weight is 211 g/mol. The number of aliphatic hydroxyl groups is 1. The number of amides is 1. The fraction of sp³-hybridized carbons (Fsp3) is 0.500. The summed E-state index contributed by atoms with van der Waals surface area (Å²) in [5, 5.41) is 8.91. The summed E-state index contributed by atoms with van der Waals surface area (Å²) >= 11 is 0. The van der Waals surface area contributed by atoms with E-state index < -0.39 is 6.10 Å². The molecule has 1 aromatic heterocycles. The summed E-state index contributed by atoms with van der Waals surface area (Å²) in [5.74, 6) is 0.557. The van der Waals surface area contributed by atoms with Gasteiger partial charge in [-0.3, -0.25) is 4.79 Å². The molecule has 1 aliphatic heterocycles. The lowest BCUT2D eigenvalue weighted by Gasteiger charge is -2.30. The molecule has 5 heteroatoms. The number of morpholine rings is 1. The number of hydrogen-bond donors (Lipinski definition) is 1. The molecule has 1 amide bonds. The van der Waals surface area contributed by atoms with E-state index in [0.717, 1.165) is 5.76 Å². The van der Waals surface area contributed by atoms with Gasteiger partial charge in [-0.05, 0) is 12.1 Å². The number of hydrogen-bond acceptors (Lipinski definition) is 4. The van der Waals surface area contributed by atoms with E-state index >= 15 is 0 Å². The molecule has 1 N–H and O–H groups in total. The first-order valence-corrected chi connectivity index (χ1v) is 4.85. The summed E-state index contributed by atoms with van der Waals surface area (Å²) in [6.07, 6.45) is 0.859. The number of ether oxygens (including phenoxy) is 1. The van der Waals surface area contributed by atoms with Crippen LogP contribution in [0.25, 0.3) is 0 Å². The van der Waals surface area contributed by atoms with Crippen molar-refractivity contribution in [1.29, 1.82) is 0 Å². The van der Waals surface area contributed by atoms with Crippen molar-refractivity contribution in [3.05, 3.63) is 24.2 Å². The van der Waals surface area contributed by atoms with Crippen molar-refractivity contribution in [3.8, 4) is 0 Å². The molecule has 2 rings (SSSR count). The number of carbonyl (C=O) groups excluding carboxylic acids is 1. The highest BCUT2D eigenvalue weighted by Gasteiger charge is 2.29. The molecular weight excluding hydrogens is 198 g/mol. The lowest BCUT2D eigenvalue weighted by molar-refractivity contribution is -0.157. The zero-order chi connectivity index (χ0) is 10.7. The third-order valence-corrected chi connectivity index (χ3v) is 2.36. The topological polar surface area (TPSA) is 62.9 Å². The molecule has 0 spiro atoms. The van der Waals surface area contributed by atoms with Crippen molar-refractivity contribution >= 4 is 5.91 Å². The van der Waals surface area contributed by atoms with Crippen LogP contribution >= 0.6 is 0 Å². The van der Waals surface area contributed by atoms with Gasteiger partial charge in [-0.2, -0.15) is 0 Å². The molecule has 82 valence electrons. The van der Waals surface area contributed by atoms with Gasteiger partial charge in [0.25, 0.3) is 5.91 Å². The van der Waals surface area contributed by atoms with Gasteiger partial charge in [0, 0.05) is 6.54 Å². The predicted octanol–water partition coefficient (Wildman–Crippen LogP) is -0.000700. The van der Waals surface area contributed by atoms with Crippen LogP contribution in [0.15, 0.2) is 22.8 Å². The summed E-state index contributed by atoms with van der Waals surface area (Å²) in [5.41, 5.74) is 0. The van der Waals surface area contributed by atoms with Gasteiger partial charge < -0.3 is 19.2 Å². The minimum atomic E-state index is -0.714. The summed E-state index contributed by atoms with van der Waals surface area (Å²) in [6.45, 7) is 1.16. The molecule has 1 fully saturated rings. The fourth-order valence-electron chi connectivity index (χ4n) is 1.57. The zero-order valence-corrected chi connectivity index (χ0v) is 8.26. The largest absolute Gasteiger partial charge is 0.467 e. The first-order chi connectivity index (χ1) is 7.31. The highest BCUT2D eigenvalue weighted by atomic mass is 16.5. The Morgan fingerprint density at radius 1 is 1.60 bits per heavy atom. The van der Waals surface area contributed by atoms with Gasteiger partial charge in [0.05, 0.1) is 26.0 Å². The smallest absolute Gasteiger partial charge is 0.254 e. The molecule has 5 nitrogen and oxygen atoms in total. The fourth-order valence-corrected chi connectivity index (χ4v) is 1.57. The van der Waals surface area contributed by atoms with Crippen LogP contribution in [-0.4, -0.2) is 41.8 Å². The Hall–Kier alpha value is -1.33. The summed E-state index contributed by atoms with van der Waals surface area (Å²) in [6, 6.07) is 3.60. The van der Waals surface area contributed by atoms with Crippen LogP contribution in [0.1, 0.15) is 5.76 Å². The molecule has 1 saturated heterocycles. The highest BCUT2D eigenvalue weighted by Crippen LogP contribution is 2.11. The second kappa shape index (κ2) is 4.46. The maximum absolute atomic E-state index is 11.7. The van der Waals surface area contributed by atoms with Crippen LogP contribution in [0.3, 0.4) is 0 Å². The number of nitrogens with zero attached hydrogens (tertiary/aromatic N) is 1. The normalized spacial score (nSPS) is 22.1. The minimum absolute atomic E-state index is 0.180. The second-order valence-electron chi connectivity index (χ2n) is 3.38. The van der Waals surface area contributed by atoms with Crippen LogP contribution in [0.5, 0.6) is 0 Å². The van der Waals surface area contributed by atoms with Crippen molar-refractivity contribution < 1.29 is 19.1 Å². The molecule has 0 bridgehead atoms. The first kappa shape index (κ1) is 10.2. The predicted molar refractivity (Wildman–Crippen MR) is 51.0 cm³/mol. The highest BCUT2D eigenvalue weighted by molar-refractivity contribution is 5.81. The summed E-state index contributed by atoms with van der Waals surface area (Å²) in [7, 11) is 0. The Balaban J connectivity index is 1.99. The van der Waals surface area contributed by atoms with E-state index in [0.29, 0.717) is 19.7 Å². The van der Waals surface area contributed by atoms with Crippen LogP contribution in [0, 0.1) is 0 Å². The molecule has 2 heterocycles. The van der Waals surface area contributed by atoms with E-state index in [1.165, 1.54) is 0 Å². The van der Waals surface area contributed by atoms with Crippen molar-refractivity contribution in [2.45, 2.75) is 12.6 Å². The molecule has 0 saturated carbocycles. The summed E-state index contributed by atoms with van der Waals surface area (Å²) < 4.78 is 10.3. The van der Waals surface area contributed by atoms with E-state index in [1.54, 1.807) is 17.2 Å². The zero-order valence-electron chi connectivity index (χ0n) is 8.26. The Kier molecular flexibility index (Phi) is 3.03. The Labute approximate surface area is 87.2 Å². The molecule has 1 aliphatic rings. The standard InChI is InChI=1S/C10H13NO4/c12-7-9-10(13)11(3-5-15-9)6-8-2-1-4-14-8/h1-2,4,9,12H,3,5-7H2. The van der Waals surface area contributed by atoms with Gasteiger partial charge in [-0.25, -0.2) is 0 Å². The molecule has 0 aromatic carbocycles. The van der Waals surface area contributed by atoms with Crippen LogP contribution < -0.4 is 0 Å². The van der Waals surface area contributed by atoms with Gasteiger partial charge >= 0.3 is 0 Å². The molecule has 15 heavy (non-hydrogen) atoms. The Morgan fingerprint density at radius 3 is 3.13 bits per heavy atom. The monoisotopic (exact) mass is 211 g/mol. The number of aliphatic hydroxyl groups excluding tert-OH is 1. The summed E-state index contributed by atoms with van der Waals surface area (Å²) in [4.78, 5) is 13.3. The Morgan fingerprint density at radius 2 is 2.47 bits per heavy atom. The lowest BCUT2D eigenvalue weighted by Crippen LogP contribution is -2.48. The average Bonchev–Trinajstić information content (AvgIpc) is 2.74. The third kappa shape index (κ3) is 2.19. The van der Waals surface area contributed by atoms with Crippen molar-refractivity contribution in [3.63, 3.8) is 0 Å². The molecular formula is C10H13NO4. The van der Waals surface area contributed by atoms with Gasteiger partial charge in [-0.15, -0.1) is 0 Å². The van der Waals surface area contributed by atoms with Gasteiger partial charge in [0.1, 0.15) is 5.76 Å². The first-order valence-electron chi connectivity index (χ1n) is 4.85. The quantitative estimate of drug-likeness (QED) is 0.764.